The first kappa shape index (κ1) is 12.1. The minimum atomic E-state index is -0.360. The lowest BCUT2D eigenvalue weighted by molar-refractivity contribution is 0.456. The number of fused-ring (bicyclic) bond motifs is 1. The summed E-state index contributed by atoms with van der Waals surface area (Å²) < 4.78 is 2.07. The van der Waals surface area contributed by atoms with Crippen LogP contribution in [0.25, 0.3) is 11.0 Å². The van der Waals surface area contributed by atoms with Crippen LogP contribution >= 0.6 is 0 Å². The van der Waals surface area contributed by atoms with Crippen molar-refractivity contribution in [3.05, 3.63) is 29.6 Å². The molecule has 2 aromatic rings. The molecule has 0 N–H and O–H groups in total. The minimum Gasteiger partial charge on any atom is -0.331 e. The van der Waals surface area contributed by atoms with Crippen LogP contribution in [0.4, 0.5) is 0 Å². The summed E-state index contributed by atoms with van der Waals surface area (Å²) in [6.07, 6.45) is 5.85. The highest BCUT2D eigenvalue weighted by Gasteiger charge is 2.35. The second-order valence-electron chi connectivity index (χ2n) is 5.36. The molecule has 1 heterocycles. The van der Waals surface area contributed by atoms with Gasteiger partial charge in [0.2, 0.25) is 6.08 Å². The van der Waals surface area contributed by atoms with Crippen molar-refractivity contribution in [2.24, 2.45) is 12.0 Å². The zero-order valence-electron chi connectivity index (χ0n) is 11.3. The Labute approximate surface area is 112 Å². The lowest BCUT2D eigenvalue weighted by Crippen LogP contribution is -2.18. The Morgan fingerprint density at radius 1 is 1.37 bits per heavy atom. The highest BCUT2D eigenvalue weighted by atomic mass is 16.1. The van der Waals surface area contributed by atoms with Crippen LogP contribution in [-0.4, -0.2) is 15.6 Å². The van der Waals surface area contributed by atoms with Crippen molar-refractivity contribution in [1.29, 1.82) is 0 Å². The molecular weight excluding hydrogens is 238 g/mol. The van der Waals surface area contributed by atoms with Gasteiger partial charge in [-0.1, -0.05) is 18.9 Å². The molecule has 4 nitrogen and oxygen atoms in total. The first-order valence-corrected chi connectivity index (χ1v) is 6.69. The molecule has 0 bridgehead atoms. The minimum absolute atomic E-state index is 0.360. The molecular formula is C15H17N3O. The molecule has 0 saturated heterocycles. The van der Waals surface area contributed by atoms with E-state index in [2.05, 4.69) is 32.7 Å². The van der Waals surface area contributed by atoms with Gasteiger partial charge < -0.3 is 4.57 Å². The number of hydrogen-bond donors (Lipinski definition) is 0. The zero-order valence-corrected chi connectivity index (χ0v) is 11.3. The van der Waals surface area contributed by atoms with Crippen molar-refractivity contribution in [1.82, 2.24) is 9.55 Å². The Bertz CT molecular complexity index is 674. The maximum absolute atomic E-state index is 10.7. The molecule has 1 saturated carbocycles. The molecule has 3 rings (SSSR count). The predicted molar refractivity (Wildman–Crippen MR) is 73.7 cm³/mol. The molecule has 0 unspecified atom stereocenters. The van der Waals surface area contributed by atoms with Crippen LogP contribution in [0.2, 0.25) is 0 Å². The van der Waals surface area contributed by atoms with Crippen molar-refractivity contribution in [2.75, 3.05) is 0 Å². The Kier molecular flexibility index (Phi) is 2.76. The van der Waals surface area contributed by atoms with Crippen molar-refractivity contribution >= 4 is 17.1 Å². The number of benzene rings is 1. The fourth-order valence-electron chi connectivity index (χ4n) is 3.12. The first-order valence-electron chi connectivity index (χ1n) is 6.69. The molecule has 1 aromatic carbocycles. The third-order valence-corrected chi connectivity index (χ3v) is 4.33. The quantitative estimate of drug-likeness (QED) is 0.611. The summed E-state index contributed by atoms with van der Waals surface area (Å²) in [7, 11) is 2.01. The van der Waals surface area contributed by atoms with E-state index in [1.807, 2.05) is 14.0 Å². The maximum atomic E-state index is 10.7. The van der Waals surface area contributed by atoms with Crippen LogP contribution in [0, 0.1) is 6.92 Å². The van der Waals surface area contributed by atoms with Gasteiger partial charge in [0, 0.05) is 7.05 Å². The van der Waals surface area contributed by atoms with Crippen LogP contribution in [0.15, 0.2) is 23.2 Å². The van der Waals surface area contributed by atoms with Crippen molar-refractivity contribution in [3.63, 3.8) is 0 Å². The van der Waals surface area contributed by atoms with E-state index in [-0.39, 0.29) is 5.54 Å². The van der Waals surface area contributed by atoms with Gasteiger partial charge in [0.15, 0.2) is 0 Å². The molecule has 19 heavy (non-hydrogen) atoms. The zero-order chi connectivity index (χ0) is 13.5. The van der Waals surface area contributed by atoms with E-state index in [0.29, 0.717) is 0 Å². The SMILES string of the molecule is Cc1nc2cc(C3(N=C=O)CCCC3)ccc2n1C. The van der Waals surface area contributed by atoms with Gasteiger partial charge in [-0.2, -0.15) is 4.99 Å². The molecule has 0 atom stereocenters. The molecule has 1 aliphatic carbocycles. The van der Waals surface area contributed by atoms with Gasteiger partial charge in [-0.05, 0) is 37.5 Å². The molecule has 0 spiro atoms. The lowest BCUT2D eigenvalue weighted by Gasteiger charge is -2.22. The largest absolute Gasteiger partial charge is 0.331 e. The molecule has 1 aromatic heterocycles. The summed E-state index contributed by atoms with van der Waals surface area (Å²) in [5, 5.41) is 0. The van der Waals surface area contributed by atoms with Gasteiger partial charge in [-0.15, -0.1) is 0 Å². The second-order valence-corrected chi connectivity index (χ2v) is 5.36. The van der Waals surface area contributed by atoms with E-state index in [4.69, 9.17) is 0 Å². The Balaban J connectivity index is 2.17. The molecule has 1 fully saturated rings. The van der Waals surface area contributed by atoms with Gasteiger partial charge in [0.25, 0.3) is 0 Å². The summed E-state index contributed by atoms with van der Waals surface area (Å²) >= 11 is 0. The summed E-state index contributed by atoms with van der Waals surface area (Å²) in [5.41, 5.74) is 2.83. The smallest absolute Gasteiger partial charge is 0.235 e. The number of aryl methyl sites for hydroxylation is 2. The number of aromatic nitrogens is 2. The van der Waals surface area contributed by atoms with Crippen molar-refractivity contribution in [2.45, 2.75) is 38.1 Å². The summed E-state index contributed by atoms with van der Waals surface area (Å²) in [6.45, 7) is 1.99. The van der Waals surface area contributed by atoms with E-state index < -0.39 is 0 Å². The van der Waals surface area contributed by atoms with Crippen molar-refractivity contribution < 1.29 is 4.79 Å². The van der Waals surface area contributed by atoms with Gasteiger partial charge in [-0.25, -0.2) is 9.78 Å². The van der Waals surface area contributed by atoms with E-state index in [0.717, 1.165) is 48.1 Å². The van der Waals surface area contributed by atoms with Gasteiger partial charge >= 0.3 is 0 Å². The Morgan fingerprint density at radius 2 is 2.11 bits per heavy atom. The average Bonchev–Trinajstić information content (AvgIpc) is 2.97. The predicted octanol–water partition coefficient (Wildman–Crippen LogP) is 2.99. The number of isocyanates is 1. The van der Waals surface area contributed by atoms with E-state index in [1.54, 1.807) is 6.08 Å². The summed E-state index contributed by atoms with van der Waals surface area (Å²) in [4.78, 5) is 19.4. The molecule has 1 aliphatic rings. The number of hydrogen-bond acceptors (Lipinski definition) is 3. The topological polar surface area (TPSA) is 47.2 Å². The Morgan fingerprint density at radius 3 is 2.79 bits per heavy atom. The third kappa shape index (κ3) is 1.80. The average molecular weight is 255 g/mol. The van der Waals surface area contributed by atoms with E-state index >= 15 is 0 Å². The monoisotopic (exact) mass is 255 g/mol. The third-order valence-electron chi connectivity index (χ3n) is 4.33. The Hall–Kier alpha value is -1.93. The van der Waals surface area contributed by atoms with Crippen LogP contribution in [-0.2, 0) is 17.4 Å². The number of aliphatic imine (C=N–C) groups is 1. The molecule has 0 radical (unpaired) electrons. The van der Waals surface area contributed by atoms with Gasteiger partial charge in [0.1, 0.15) is 5.82 Å². The summed E-state index contributed by atoms with van der Waals surface area (Å²) in [6, 6.07) is 6.23. The number of carbonyl (C=O) groups excluding carboxylic acids is 1. The number of imidazole rings is 1. The van der Waals surface area contributed by atoms with Gasteiger partial charge in [0.05, 0.1) is 16.6 Å². The normalized spacial score (nSPS) is 17.6. The second kappa shape index (κ2) is 4.32. The van der Waals surface area contributed by atoms with Crippen molar-refractivity contribution in [3.8, 4) is 0 Å². The van der Waals surface area contributed by atoms with E-state index in [1.165, 1.54) is 0 Å². The van der Waals surface area contributed by atoms with Crippen LogP contribution in [0.5, 0.6) is 0 Å². The standard InChI is InChI=1S/C15H17N3O/c1-11-17-13-9-12(5-6-14(13)18(11)2)15(16-10-19)7-3-4-8-15/h5-6,9H,3-4,7-8H2,1-2H3. The molecule has 0 aliphatic heterocycles. The van der Waals surface area contributed by atoms with Gasteiger partial charge in [-0.3, -0.25) is 0 Å². The maximum Gasteiger partial charge on any atom is 0.235 e. The highest BCUT2D eigenvalue weighted by Crippen LogP contribution is 2.42. The number of nitrogens with zero attached hydrogens (tertiary/aromatic N) is 3. The van der Waals surface area contributed by atoms with E-state index in [9.17, 15) is 4.79 Å². The van der Waals surface area contributed by atoms with Crippen LogP contribution in [0.3, 0.4) is 0 Å². The molecule has 98 valence electrons. The fraction of sp³-hybridized carbons (Fsp3) is 0.467. The number of rotatable bonds is 2. The fourth-order valence-corrected chi connectivity index (χ4v) is 3.12. The van der Waals surface area contributed by atoms with Crippen LogP contribution in [0.1, 0.15) is 37.1 Å². The highest BCUT2D eigenvalue weighted by molar-refractivity contribution is 5.77. The summed E-state index contributed by atoms with van der Waals surface area (Å²) in [5.74, 6) is 0.992. The molecule has 0 amide bonds. The molecule has 4 heteroatoms. The lowest BCUT2D eigenvalue weighted by atomic mass is 9.89. The first-order chi connectivity index (χ1) is 9.16. The van der Waals surface area contributed by atoms with Crippen LogP contribution < -0.4 is 0 Å².